The van der Waals surface area contributed by atoms with Crippen molar-refractivity contribution in [2.45, 2.75) is 26.3 Å². The number of hydrogen-bond donors (Lipinski definition) is 2. The average Bonchev–Trinajstić information content (AvgIpc) is 2.38. The summed E-state index contributed by atoms with van der Waals surface area (Å²) in [5.74, 6) is -0.188. The van der Waals surface area contributed by atoms with E-state index in [1.807, 2.05) is 51.1 Å². The van der Waals surface area contributed by atoms with E-state index in [0.29, 0.717) is 5.69 Å². The molecule has 0 aliphatic heterocycles. The predicted octanol–water partition coefficient (Wildman–Crippen LogP) is 2.25. The van der Waals surface area contributed by atoms with Crippen LogP contribution in [0.25, 0.3) is 11.3 Å². The molecule has 0 saturated carbocycles. The zero-order valence-electron chi connectivity index (χ0n) is 11.8. The molecular weight excluding hydrogens is 252 g/mol. The van der Waals surface area contributed by atoms with Gasteiger partial charge in [-0.1, -0.05) is 30.3 Å². The SMILES string of the molecule is CC(C)(C)NC(=O)c1nc(-c2ccccc2)cnc1N. The lowest BCUT2D eigenvalue weighted by Gasteiger charge is -2.20. The van der Waals surface area contributed by atoms with Crippen LogP contribution in [0.5, 0.6) is 0 Å². The summed E-state index contributed by atoms with van der Waals surface area (Å²) in [6, 6.07) is 9.54. The first-order valence-electron chi connectivity index (χ1n) is 6.37. The molecule has 0 saturated heterocycles. The maximum Gasteiger partial charge on any atom is 0.274 e. The summed E-state index contributed by atoms with van der Waals surface area (Å²) in [5.41, 5.74) is 7.07. The molecule has 0 aliphatic rings. The number of benzene rings is 1. The van der Waals surface area contributed by atoms with Gasteiger partial charge >= 0.3 is 0 Å². The lowest BCUT2D eigenvalue weighted by Crippen LogP contribution is -2.41. The molecule has 1 aromatic heterocycles. The number of nitrogen functional groups attached to an aromatic ring is 1. The molecule has 20 heavy (non-hydrogen) atoms. The molecule has 1 heterocycles. The Bertz CT molecular complexity index is 618. The molecule has 1 amide bonds. The summed E-state index contributed by atoms with van der Waals surface area (Å²) in [5, 5.41) is 2.83. The minimum Gasteiger partial charge on any atom is -0.382 e. The fraction of sp³-hybridized carbons (Fsp3) is 0.267. The minimum atomic E-state index is -0.353. The van der Waals surface area contributed by atoms with E-state index in [1.165, 1.54) is 0 Å². The third-order valence-corrected chi connectivity index (χ3v) is 2.57. The smallest absolute Gasteiger partial charge is 0.274 e. The van der Waals surface area contributed by atoms with E-state index in [-0.39, 0.29) is 23.0 Å². The average molecular weight is 270 g/mol. The van der Waals surface area contributed by atoms with Crippen LogP contribution in [0, 0.1) is 0 Å². The number of amides is 1. The van der Waals surface area contributed by atoms with Crippen LogP contribution in [0.3, 0.4) is 0 Å². The van der Waals surface area contributed by atoms with Crippen LogP contribution in [0.2, 0.25) is 0 Å². The molecule has 0 fully saturated rings. The highest BCUT2D eigenvalue weighted by Gasteiger charge is 2.19. The molecule has 3 N–H and O–H groups in total. The first-order valence-corrected chi connectivity index (χ1v) is 6.37. The van der Waals surface area contributed by atoms with E-state index >= 15 is 0 Å². The van der Waals surface area contributed by atoms with Crippen LogP contribution in [-0.4, -0.2) is 21.4 Å². The van der Waals surface area contributed by atoms with Crippen molar-refractivity contribution in [2.24, 2.45) is 0 Å². The zero-order chi connectivity index (χ0) is 14.8. The highest BCUT2D eigenvalue weighted by molar-refractivity contribution is 5.97. The Morgan fingerprint density at radius 3 is 2.45 bits per heavy atom. The van der Waals surface area contributed by atoms with Crippen LogP contribution in [0.15, 0.2) is 36.5 Å². The number of rotatable bonds is 2. The van der Waals surface area contributed by atoms with Gasteiger partial charge in [0.05, 0.1) is 11.9 Å². The fourth-order valence-electron chi connectivity index (χ4n) is 1.71. The first kappa shape index (κ1) is 14.0. The molecule has 2 aromatic rings. The molecule has 2 rings (SSSR count). The summed E-state index contributed by atoms with van der Waals surface area (Å²) in [6.07, 6.45) is 1.57. The third-order valence-electron chi connectivity index (χ3n) is 2.57. The number of carbonyl (C=O) groups excluding carboxylic acids is 1. The Labute approximate surface area is 118 Å². The predicted molar refractivity (Wildman–Crippen MR) is 79.1 cm³/mol. The van der Waals surface area contributed by atoms with Crippen molar-refractivity contribution in [2.75, 3.05) is 5.73 Å². The van der Waals surface area contributed by atoms with E-state index in [9.17, 15) is 4.79 Å². The largest absolute Gasteiger partial charge is 0.382 e. The minimum absolute atomic E-state index is 0.131. The van der Waals surface area contributed by atoms with Crippen molar-refractivity contribution in [3.8, 4) is 11.3 Å². The van der Waals surface area contributed by atoms with Crippen LogP contribution in [-0.2, 0) is 0 Å². The summed E-state index contributed by atoms with van der Waals surface area (Å²) in [7, 11) is 0. The van der Waals surface area contributed by atoms with Gasteiger partial charge in [0, 0.05) is 11.1 Å². The van der Waals surface area contributed by atoms with Crippen molar-refractivity contribution < 1.29 is 4.79 Å². The highest BCUT2D eigenvalue weighted by atomic mass is 16.2. The van der Waals surface area contributed by atoms with E-state index in [1.54, 1.807) is 6.20 Å². The molecule has 5 nitrogen and oxygen atoms in total. The number of aromatic nitrogens is 2. The van der Waals surface area contributed by atoms with Gasteiger partial charge in [-0.2, -0.15) is 0 Å². The molecule has 0 bridgehead atoms. The lowest BCUT2D eigenvalue weighted by atomic mass is 10.1. The van der Waals surface area contributed by atoms with Crippen LogP contribution >= 0.6 is 0 Å². The summed E-state index contributed by atoms with van der Waals surface area (Å²) in [4.78, 5) is 20.6. The number of nitrogens with one attached hydrogen (secondary N) is 1. The topological polar surface area (TPSA) is 80.9 Å². The van der Waals surface area contributed by atoms with E-state index in [0.717, 1.165) is 5.56 Å². The van der Waals surface area contributed by atoms with Gasteiger partial charge in [0.1, 0.15) is 0 Å². The molecule has 5 heteroatoms. The Balaban J connectivity index is 2.37. The maximum absolute atomic E-state index is 12.2. The van der Waals surface area contributed by atoms with E-state index in [2.05, 4.69) is 15.3 Å². The van der Waals surface area contributed by atoms with Gasteiger partial charge < -0.3 is 11.1 Å². The molecule has 0 atom stereocenters. The Hall–Kier alpha value is -2.43. The third kappa shape index (κ3) is 3.32. The van der Waals surface area contributed by atoms with Crippen molar-refractivity contribution in [1.82, 2.24) is 15.3 Å². The van der Waals surface area contributed by atoms with Crippen LogP contribution in [0.1, 0.15) is 31.3 Å². The zero-order valence-corrected chi connectivity index (χ0v) is 11.8. The Kier molecular flexibility index (Phi) is 3.70. The van der Waals surface area contributed by atoms with Gasteiger partial charge in [0.2, 0.25) is 0 Å². The second kappa shape index (κ2) is 5.28. The molecule has 104 valence electrons. The van der Waals surface area contributed by atoms with E-state index in [4.69, 9.17) is 5.73 Å². The highest BCUT2D eigenvalue weighted by Crippen LogP contribution is 2.18. The quantitative estimate of drug-likeness (QED) is 0.877. The van der Waals surface area contributed by atoms with Crippen LogP contribution in [0.4, 0.5) is 5.82 Å². The van der Waals surface area contributed by atoms with Gasteiger partial charge in [-0.3, -0.25) is 4.79 Å². The van der Waals surface area contributed by atoms with Gasteiger partial charge in [-0.15, -0.1) is 0 Å². The number of anilines is 1. The van der Waals surface area contributed by atoms with Crippen LogP contribution < -0.4 is 11.1 Å². The van der Waals surface area contributed by atoms with Gasteiger partial charge in [-0.05, 0) is 20.8 Å². The summed E-state index contributed by atoms with van der Waals surface area (Å²) >= 11 is 0. The van der Waals surface area contributed by atoms with Crippen molar-refractivity contribution in [3.05, 3.63) is 42.2 Å². The monoisotopic (exact) mass is 270 g/mol. The summed E-state index contributed by atoms with van der Waals surface area (Å²) < 4.78 is 0. The number of carbonyl (C=O) groups is 1. The molecule has 0 radical (unpaired) electrons. The summed E-state index contributed by atoms with van der Waals surface area (Å²) in [6.45, 7) is 5.70. The van der Waals surface area contributed by atoms with Crippen molar-refractivity contribution in [1.29, 1.82) is 0 Å². The Morgan fingerprint density at radius 2 is 1.85 bits per heavy atom. The maximum atomic E-state index is 12.2. The molecule has 1 aromatic carbocycles. The number of hydrogen-bond acceptors (Lipinski definition) is 4. The molecule has 0 aliphatic carbocycles. The lowest BCUT2D eigenvalue weighted by molar-refractivity contribution is 0.0915. The van der Waals surface area contributed by atoms with Gasteiger partial charge in [0.15, 0.2) is 11.5 Å². The molecular formula is C15H18N4O. The fourth-order valence-corrected chi connectivity index (χ4v) is 1.71. The normalized spacial score (nSPS) is 11.2. The molecule has 0 spiro atoms. The standard InChI is InChI=1S/C15H18N4O/c1-15(2,3)19-14(20)12-13(16)17-9-11(18-12)10-7-5-4-6-8-10/h4-9H,1-3H3,(H2,16,17)(H,19,20). The van der Waals surface area contributed by atoms with Crippen molar-refractivity contribution in [3.63, 3.8) is 0 Å². The second-order valence-corrected chi connectivity index (χ2v) is 5.56. The molecule has 0 unspecified atom stereocenters. The van der Waals surface area contributed by atoms with E-state index < -0.39 is 0 Å². The second-order valence-electron chi connectivity index (χ2n) is 5.56. The Morgan fingerprint density at radius 1 is 1.20 bits per heavy atom. The number of nitrogens with two attached hydrogens (primary N) is 1. The number of nitrogens with zero attached hydrogens (tertiary/aromatic N) is 2. The van der Waals surface area contributed by atoms with Crippen molar-refractivity contribution >= 4 is 11.7 Å². The first-order chi connectivity index (χ1) is 9.37. The van der Waals surface area contributed by atoms with Gasteiger partial charge in [-0.25, -0.2) is 9.97 Å². The van der Waals surface area contributed by atoms with Gasteiger partial charge in [0.25, 0.3) is 5.91 Å².